The monoisotopic (exact) mass is 580 g/mol. The topological polar surface area (TPSA) is 79.1 Å². The van der Waals surface area contributed by atoms with E-state index >= 15 is 0 Å². The van der Waals surface area contributed by atoms with Crippen LogP contribution in [0.15, 0.2) is 81.0 Å². The molecular weight excluding hydrogens is 556 g/mol. The van der Waals surface area contributed by atoms with E-state index < -0.39 is 12.0 Å². The zero-order chi connectivity index (χ0) is 27.5. The number of hydrogen-bond donors (Lipinski definition) is 0. The summed E-state index contributed by atoms with van der Waals surface area (Å²) in [6, 6.07) is 16.2. The number of hydrogen-bond acceptors (Lipinski definition) is 8. The SMILES string of the molecule is CCOC(=O)C1=C(C)N=c2sc(=Cc3ccc(OCc4ccccc4Cl)c(OC)c3)c(=O)n2[C@@H]1c1cccs1. The molecule has 0 amide bonds. The minimum Gasteiger partial charge on any atom is -0.493 e. The summed E-state index contributed by atoms with van der Waals surface area (Å²) in [5.74, 6) is 0.618. The minimum atomic E-state index is -0.599. The van der Waals surface area contributed by atoms with Gasteiger partial charge in [0.1, 0.15) is 12.6 Å². The van der Waals surface area contributed by atoms with Crippen LogP contribution in [0, 0.1) is 0 Å². The molecule has 4 aromatic rings. The Labute approximate surface area is 237 Å². The Morgan fingerprint density at radius 3 is 2.69 bits per heavy atom. The largest absolute Gasteiger partial charge is 0.493 e. The Morgan fingerprint density at radius 1 is 1.15 bits per heavy atom. The van der Waals surface area contributed by atoms with Crippen molar-refractivity contribution in [2.24, 2.45) is 4.99 Å². The third-order valence-electron chi connectivity index (χ3n) is 6.16. The van der Waals surface area contributed by atoms with Gasteiger partial charge in [-0.3, -0.25) is 9.36 Å². The second kappa shape index (κ2) is 11.6. The fourth-order valence-corrected chi connectivity index (χ4v) is 6.38. The molecule has 7 nitrogen and oxygen atoms in total. The van der Waals surface area contributed by atoms with Crippen molar-refractivity contribution in [3.05, 3.63) is 112 Å². The molecule has 1 aliphatic heterocycles. The van der Waals surface area contributed by atoms with E-state index in [0.29, 0.717) is 43.7 Å². The highest BCUT2D eigenvalue weighted by Crippen LogP contribution is 2.33. The summed E-state index contributed by atoms with van der Waals surface area (Å²) >= 11 is 9.00. The molecule has 0 bridgehead atoms. The zero-order valence-electron chi connectivity index (χ0n) is 21.5. The van der Waals surface area contributed by atoms with Gasteiger partial charge in [0, 0.05) is 15.5 Å². The fraction of sp³-hybridized carbons (Fsp3) is 0.207. The van der Waals surface area contributed by atoms with E-state index in [-0.39, 0.29) is 12.2 Å². The maximum absolute atomic E-state index is 13.7. The molecule has 10 heteroatoms. The quantitative estimate of drug-likeness (QED) is 0.271. The molecule has 0 saturated carbocycles. The molecule has 3 heterocycles. The van der Waals surface area contributed by atoms with Crippen molar-refractivity contribution in [1.82, 2.24) is 4.57 Å². The lowest BCUT2D eigenvalue weighted by Gasteiger charge is -2.23. The Morgan fingerprint density at radius 2 is 1.97 bits per heavy atom. The molecule has 0 fully saturated rings. The van der Waals surface area contributed by atoms with Crippen LogP contribution in [0.2, 0.25) is 5.02 Å². The zero-order valence-corrected chi connectivity index (χ0v) is 23.9. The average molecular weight is 581 g/mol. The lowest BCUT2D eigenvalue weighted by molar-refractivity contribution is -0.139. The molecule has 0 unspecified atom stereocenters. The van der Waals surface area contributed by atoms with Crippen molar-refractivity contribution in [3.8, 4) is 11.5 Å². The molecule has 2 aromatic carbocycles. The van der Waals surface area contributed by atoms with Crippen LogP contribution in [0.4, 0.5) is 0 Å². The number of halogens is 1. The molecule has 2 aromatic heterocycles. The van der Waals surface area contributed by atoms with Crippen LogP contribution in [0.5, 0.6) is 11.5 Å². The van der Waals surface area contributed by atoms with Crippen molar-refractivity contribution in [2.45, 2.75) is 26.5 Å². The third-order valence-corrected chi connectivity index (χ3v) is 8.43. The van der Waals surface area contributed by atoms with Gasteiger partial charge in [0.25, 0.3) is 5.56 Å². The van der Waals surface area contributed by atoms with Gasteiger partial charge in [-0.2, -0.15) is 0 Å². The van der Waals surface area contributed by atoms with Gasteiger partial charge >= 0.3 is 5.97 Å². The number of allylic oxidation sites excluding steroid dienone is 1. The van der Waals surface area contributed by atoms with Gasteiger partial charge in [-0.25, -0.2) is 9.79 Å². The fourth-order valence-electron chi connectivity index (χ4n) is 4.32. The second-order valence-corrected chi connectivity index (χ2v) is 11.0. The van der Waals surface area contributed by atoms with Crippen molar-refractivity contribution in [2.75, 3.05) is 13.7 Å². The summed E-state index contributed by atoms with van der Waals surface area (Å²) < 4.78 is 18.9. The lowest BCUT2D eigenvalue weighted by Crippen LogP contribution is -2.39. The van der Waals surface area contributed by atoms with Gasteiger partial charge in [0.2, 0.25) is 0 Å². The number of aromatic nitrogens is 1. The Hall–Kier alpha value is -3.66. The van der Waals surface area contributed by atoms with E-state index in [4.69, 9.17) is 25.8 Å². The highest BCUT2D eigenvalue weighted by molar-refractivity contribution is 7.10. The summed E-state index contributed by atoms with van der Waals surface area (Å²) in [6.45, 7) is 4.05. The first-order chi connectivity index (χ1) is 18.9. The number of nitrogens with zero attached hydrogens (tertiary/aromatic N) is 2. The van der Waals surface area contributed by atoms with Crippen LogP contribution in [0.25, 0.3) is 6.08 Å². The highest BCUT2D eigenvalue weighted by Gasteiger charge is 2.33. The van der Waals surface area contributed by atoms with Crippen LogP contribution in [-0.2, 0) is 16.1 Å². The van der Waals surface area contributed by atoms with Crippen molar-refractivity contribution in [1.29, 1.82) is 0 Å². The molecule has 200 valence electrons. The van der Waals surface area contributed by atoms with Crippen LogP contribution < -0.4 is 24.4 Å². The molecular formula is C29H25ClN2O5S2. The van der Waals surface area contributed by atoms with Crippen molar-refractivity contribution < 1.29 is 19.0 Å². The molecule has 0 aliphatic carbocycles. The van der Waals surface area contributed by atoms with E-state index in [2.05, 4.69) is 4.99 Å². The lowest BCUT2D eigenvalue weighted by atomic mass is 10.0. The maximum atomic E-state index is 13.7. The average Bonchev–Trinajstić information content (AvgIpc) is 3.56. The highest BCUT2D eigenvalue weighted by atomic mass is 35.5. The summed E-state index contributed by atoms with van der Waals surface area (Å²) in [7, 11) is 1.57. The second-order valence-electron chi connectivity index (χ2n) is 8.61. The van der Waals surface area contributed by atoms with Gasteiger partial charge in [0.15, 0.2) is 16.3 Å². The number of carbonyl (C=O) groups is 1. The number of fused-ring (bicyclic) bond motifs is 1. The molecule has 5 rings (SSSR count). The van der Waals surface area contributed by atoms with Gasteiger partial charge in [-0.05, 0) is 55.1 Å². The minimum absolute atomic E-state index is 0.232. The van der Waals surface area contributed by atoms with Crippen molar-refractivity contribution in [3.63, 3.8) is 0 Å². The number of methoxy groups -OCH3 is 1. The van der Waals surface area contributed by atoms with E-state index in [1.807, 2.05) is 53.9 Å². The first-order valence-electron chi connectivity index (χ1n) is 12.2. The molecule has 0 saturated heterocycles. The molecule has 39 heavy (non-hydrogen) atoms. The molecule has 0 spiro atoms. The van der Waals surface area contributed by atoms with E-state index in [1.165, 1.54) is 22.7 Å². The molecule has 0 radical (unpaired) electrons. The smallest absolute Gasteiger partial charge is 0.338 e. The summed E-state index contributed by atoms with van der Waals surface area (Å²) in [5, 5.41) is 2.55. The number of thiazole rings is 1. The summed E-state index contributed by atoms with van der Waals surface area (Å²) in [4.78, 5) is 32.6. The van der Waals surface area contributed by atoms with Gasteiger partial charge in [0.05, 0.1) is 29.5 Å². The normalized spacial score (nSPS) is 15.1. The van der Waals surface area contributed by atoms with Crippen LogP contribution >= 0.6 is 34.3 Å². The molecule has 1 aliphatic rings. The van der Waals surface area contributed by atoms with Crippen molar-refractivity contribution >= 4 is 46.3 Å². The third kappa shape index (κ3) is 5.43. The summed E-state index contributed by atoms with van der Waals surface area (Å²) in [6.07, 6.45) is 1.79. The molecule has 1 atom stereocenters. The van der Waals surface area contributed by atoms with Crippen LogP contribution in [0.3, 0.4) is 0 Å². The van der Waals surface area contributed by atoms with Crippen LogP contribution in [0.1, 0.15) is 35.9 Å². The number of esters is 1. The predicted octanol–water partition coefficient (Wildman–Crippen LogP) is 5.10. The number of benzene rings is 2. The number of rotatable bonds is 8. The van der Waals surface area contributed by atoms with E-state index in [0.717, 1.165) is 16.0 Å². The first-order valence-corrected chi connectivity index (χ1v) is 14.3. The first kappa shape index (κ1) is 26.9. The standard InChI is InChI=1S/C29H25ClN2O5S2/c1-4-36-28(34)25-17(2)31-29-32(26(25)23-10-7-13-38-23)27(33)24(39-29)15-18-11-12-21(22(14-18)35-3)37-16-19-8-5-6-9-20(19)30/h5-15,26H,4,16H2,1-3H3/t26-/m1/s1. The number of ether oxygens (including phenoxy) is 3. The Balaban J connectivity index is 1.52. The Bertz CT molecular complexity index is 1740. The van der Waals surface area contributed by atoms with Gasteiger partial charge in [-0.1, -0.05) is 53.3 Å². The predicted molar refractivity (Wildman–Crippen MR) is 153 cm³/mol. The maximum Gasteiger partial charge on any atom is 0.338 e. The van der Waals surface area contributed by atoms with Crippen LogP contribution in [-0.4, -0.2) is 24.3 Å². The number of carbonyl (C=O) groups excluding carboxylic acids is 1. The van der Waals surface area contributed by atoms with Gasteiger partial charge in [-0.15, -0.1) is 11.3 Å². The number of thiophene rings is 1. The molecule has 0 N–H and O–H groups in total. The van der Waals surface area contributed by atoms with E-state index in [1.54, 1.807) is 37.7 Å². The summed E-state index contributed by atoms with van der Waals surface area (Å²) in [5.41, 5.74) is 2.31. The van der Waals surface area contributed by atoms with Gasteiger partial charge < -0.3 is 14.2 Å². The van der Waals surface area contributed by atoms with E-state index in [9.17, 15) is 9.59 Å². The Kier molecular flexibility index (Phi) is 8.02.